The maximum absolute atomic E-state index is 8.75. The van der Waals surface area contributed by atoms with E-state index < -0.39 is 0 Å². The number of aliphatic hydroxyl groups excluding tert-OH is 2. The lowest BCUT2D eigenvalue weighted by Crippen LogP contribution is -2.22. The van der Waals surface area contributed by atoms with Crippen molar-refractivity contribution in [2.24, 2.45) is 0 Å². The van der Waals surface area contributed by atoms with Crippen LogP contribution in [0.5, 0.6) is 0 Å². The van der Waals surface area contributed by atoms with Gasteiger partial charge in [0, 0.05) is 6.61 Å². The Morgan fingerprint density at radius 2 is 2.14 bits per heavy atom. The maximum Gasteiger partial charge on any atom is 0.157 e. The molecule has 1 fully saturated rings. The van der Waals surface area contributed by atoms with Gasteiger partial charge in [0.15, 0.2) is 6.29 Å². The average molecular weight is 202 g/mol. The third-order valence-electron chi connectivity index (χ3n) is 2.20. The summed E-state index contributed by atoms with van der Waals surface area (Å²) in [6.45, 7) is 0.916. The van der Waals surface area contributed by atoms with Crippen LogP contribution in [0, 0.1) is 0 Å². The van der Waals surface area contributed by atoms with E-state index in [-0.39, 0.29) is 19.5 Å². The van der Waals surface area contributed by atoms with Gasteiger partial charge >= 0.3 is 0 Å². The van der Waals surface area contributed by atoms with Crippen LogP contribution in [-0.4, -0.2) is 42.9 Å². The lowest BCUT2D eigenvalue weighted by molar-refractivity contribution is -0.155. The van der Waals surface area contributed by atoms with Crippen LogP contribution >= 0.6 is 0 Å². The Kier molecular flexibility index (Phi) is 5.78. The highest BCUT2D eigenvalue weighted by Gasteiger charge is 2.12. The van der Waals surface area contributed by atoms with E-state index in [2.05, 4.69) is 0 Å². The van der Waals surface area contributed by atoms with Crippen LogP contribution in [0.1, 0.15) is 19.3 Å². The van der Waals surface area contributed by atoms with Crippen molar-refractivity contribution < 1.29 is 19.7 Å². The van der Waals surface area contributed by atoms with Crippen LogP contribution in [0.15, 0.2) is 11.6 Å². The van der Waals surface area contributed by atoms with Crippen molar-refractivity contribution in [2.45, 2.75) is 25.6 Å². The minimum absolute atomic E-state index is 0.112. The summed E-state index contributed by atoms with van der Waals surface area (Å²) in [7, 11) is 0. The second-order valence-corrected chi connectivity index (χ2v) is 3.31. The number of hydrogen-bond acceptors (Lipinski definition) is 4. The number of rotatable bonds is 5. The highest BCUT2D eigenvalue weighted by atomic mass is 16.7. The van der Waals surface area contributed by atoms with E-state index in [1.165, 1.54) is 0 Å². The third-order valence-corrected chi connectivity index (χ3v) is 2.20. The van der Waals surface area contributed by atoms with Gasteiger partial charge in [0.1, 0.15) is 0 Å². The molecule has 0 amide bonds. The van der Waals surface area contributed by atoms with Crippen molar-refractivity contribution in [2.75, 3.05) is 26.4 Å². The molecular formula is C10H18O4. The molecule has 14 heavy (non-hydrogen) atoms. The number of hydrogen-bond donors (Lipinski definition) is 2. The summed E-state index contributed by atoms with van der Waals surface area (Å²) >= 11 is 0. The zero-order valence-electron chi connectivity index (χ0n) is 8.32. The molecule has 4 nitrogen and oxygen atoms in total. The molecule has 0 aliphatic carbocycles. The predicted octanol–water partition coefficient (Wildman–Crippen LogP) is 0.441. The molecule has 1 heterocycles. The quantitative estimate of drug-likeness (QED) is 0.635. The van der Waals surface area contributed by atoms with Crippen molar-refractivity contribution in [3.8, 4) is 0 Å². The van der Waals surface area contributed by atoms with Gasteiger partial charge in [-0.3, -0.25) is 0 Å². The Hall–Kier alpha value is -0.420. The highest BCUT2D eigenvalue weighted by molar-refractivity contribution is 5.01. The zero-order valence-corrected chi connectivity index (χ0v) is 8.32. The molecule has 1 atom stereocenters. The molecule has 1 aliphatic rings. The van der Waals surface area contributed by atoms with Gasteiger partial charge in [-0.05, 0) is 24.8 Å². The van der Waals surface area contributed by atoms with Crippen LogP contribution in [0.3, 0.4) is 0 Å². The minimum Gasteiger partial charge on any atom is -0.392 e. The molecule has 1 saturated heterocycles. The summed E-state index contributed by atoms with van der Waals surface area (Å²) < 4.78 is 10.7. The van der Waals surface area contributed by atoms with Gasteiger partial charge in [0.2, 0.25) is 0 Å². The highest BCUT2D eigenvalue weighted by Crippen LogP contribution is 2.13. The fourth-order valence-corrected chi connectivity index (χ4v) is 1.30. The fourth-order valence-electron chi connectivity index (χ4n) is 1.30. The van der Waals surface area contributed by atoms with Gasteiger partial charge in [0.25, 0.3) is 0 Å². The topological polar surface area (TPSA) is 58.9 Å². The Balaban J connectivity index is 2.15. The average Bonchev–Trinajstić information content (AvgIpc) is 2.26. The van der Waals surface area contributed by atoms with Crippen LogP contribution in [-0.2, 0) is 9.47 Å². The largest absolute Gasteiger partial charge is 0.392 e. The lowest BCUT2D eigenvalue weighted by Gasteiger charge is -2.22. The molecule has 0 aromatic heterocycles. The number of ether oxygens (including phenoxy) is 2. The van der Waals surface area contributed by atoms with Crippen LogP contribution in [0.25, 0.3) is 0 Å². The first-order valence-electron chi connectivity index (χ1n) is 4.99. The molecule has 1 unspecified atom stereocenters. The second-order valence-electron chi connectivity index (χ2n) is 3.31. The molecule has 2 N–H and O–H groups in total. The van der Waals surface area contributed by atoms with E-state index in [0.29, 0.717) is 12.2 Å². The minimum atomic E-state index is -0.120. The van der Waals surface area contributed by atoms with E-state index in [4.69, 9.17) is 19.7 Å². The zero-order chi connectivity index (χ0) is 10.2. The molecule has 0 spiro atoms. The molecule has 4 heteroatoms. The summed E-state index contributed by atoms with van der Waals surface area (Å²) in [5, 5.41) is 17.5. The summed E-state index contributed by atoms with van der Waals surface area (Å²) in [6.07, 6.45) is 4.76. The first-order chi connectivity index (χ1) is 6.86. The second kappa shape index (κ2) is 6.95. The van der Waals surface area contributed by atoms with Gasteiger partial charge < -0.3 is 19.7 Å². The molecular weight excluding hydrogens is 184 g/mol. The summed E-state index contributed by atoms with van der Waals surface area (Å²) in [6, 6.07) is 0. The molecule has 0 saturated carbocycles. The Morgan fingerprint density at radius 3 is 2.71 bits per heavy atom. The standard InChI is InChI=1S/C10H18O4/c11-7-9(8-12)4-6-14-10-3-1-2-5-13-10/h4,10-12H,1-3,5-8H2. The molecule has 1 aliphatic heterocycles. The van der Waals surface area contributed by atoms with Gasteiger partial charge in [-0.25, -0.2) is 0 Å². The maximum atomic E-state index is 8.75. The van der Waals surface area contributed by atoms with E-state index >= 15 is 0 Å². The molecule has 1 rings (SSSR count). The smallest absolute Gasteiger partial charge is 0.157 e. The van der Waals surface area contributed by atoms with E-state index in [1.54, 1.807) is 6.08 Å². The van der Waals surface area contributed by atoms with Crippen molar-refractivity contribution in [1.82, 2.24) is 0 Å². The lowest BCUT2D eigenvalue weighted by atomic mass is 10.2. The SMILES string of the molecule is OCC(=CCOC1CCCCO1)CO. The first kappa shape index (κ1) is 11.7. The summed E-state index contributed by atoms with van der Waals surface area (Å²) in [5.74, 6) is 0. The van der Waals surface area contributed by atoms with E-state index in [1.807, 2.05) is 0 Å². The van der Waals surface area contributed by atoms with Gasteiger partial charge in [-0.2, -0.15) is 0 Å². The van der Waals surface area contributed by atoms with E-state index in [9.17, 15) is 0 Å². The first-order valence-corrected chi connectivity index (χ1v) is 4.99. The molecule has 82 valence electrons. The molecule has 0 radical (unpaired) electrons. The summed E-state index contributed by atoms with van der Waals surface area (Å²) in [4.78, 5) is 0. The van der Waals surface area contributed by atoms with Crippen molar-refractivity contribution in [3.05, 3.63) is 11.6 Å². The summed E-state index contributed by atoms with van der Waals surface area (Å²) in [5.41, 5.74) is 0.584. The van der Waals surface area contributed by atoms with Crippen LogP contribution < -0.4 is 0 Å². The Bertz CT molecular complexity index is 167. The van der Waals surface area contributed by atoms with Crippen molar-refractivity contribution in [3.63, 3.8) is 0 Å². The monoisotopic (exact) mass is 202 g/mol. The fraction of sp³-hybridized carbons (Fsp3) is 0.800. The van der Waals surface area contributed by atoms with Gasteiger partial charge in [-0.1, -0.05) is 6.08 Å². The van der Waals surface area contributed by atoms with E-state index in [0.717, 1.165) is 25.9 Å². The van der Waals surface area contributed by atoms with Crippen LogP contribution in [0.4, 0.5) is 0 Å². The normalized spacial score (nSPS) is 22.0. The van der Waals surface area contributed by atoms with Gasteiger partial charge in [0.05, 0.1) is 19.8 Å². The Morgan fingerprint density at radius 1 is 1.36 bits per heavy atom. The third kappa shape index (κ3) is 4.19. The molecule has 0 bridgehead atoms. The Labute approximate surface area is 84.1 Å². The predicted molar refractivity (Wildman–Crippen MR) is 51.8 cm³/mol. The number of aliphatic hydroxyl groups is 2. The molecule has 0 aromatic rings. The van der Waals surface area contributed by atoms with Crippen molar-refractivity contribution in [1.29, 1.82) is 0 Å². The van der Waals surface area contributed by atoms with Crippen LogP contribution in [0.2, 0.25) is 0 Å². The van der Waals surface area contributed by atoms with Gasteiger partial charge in [-0.15, -0.1) is 0 Å². The molecule has 0 aromatic carbocycles. The van der Waals surface area contributed by atoms with Crippen molar-refractivity contribution >= 4 is 0 Å².